The van der Waals surface area contributed by atoms with E-state index in [0.717, 1.165) is 11.3 Å². The van der Waals surface area contributed by atoms with E-state index in [9.17, 15) is 5.11 Å². The Kier molecular flexibility index (Phi) is 3.15. The Morgan fingerprint density at radius 3 is 2.37 bits per heavy atom. The lowest BCUT2D eigenvalue weighted by Crippen LogP contribution is -2.07. The number of benzene rings is 1. The molecule has 0 spiro atoms. The molecule has 19 heavy (non-hydrogen) atoms. The molecule has 3 rings (SSSR count). The molecular weight excluding hydrogens is 236 g/mol. The minimum atomic E-state index is -0.579. The van der Waals surface area contributed by atoms with Crippen LogP contribution in [0.15, 0.2) is 36.8 Å². The molecule has 2 aromatic rings. The van der Waals surface area contributed by atoms with Crippen molar-refractivity contribution in [1.29, 1.82) is 0 Å². The second kappa shape index (κ2) is 4.82. The van der Waals surface area contributed by atoms with Crippen LogP contribution in [0.4, 0.5) is 0 Å². The minimum absolute atomic E-state index is 0.517. The maximum Gasteiger partial charge on any atom is 0.121 e. The van der Waals surface area contributed by atoms with Crippen molar-refractivity contribution < 1.29 is 5.11 Å². The summed E-state index contributed by atoms with van der Waals surface area (Å²) < 4.78 is 2.11. The zero-order valence-electron chi connectivity index (χ0n) is 11.5. The van der Waals surface area contributed by atoms with Crippen LogP contribution in [0.5, 0.6) is 0 Å². The number of aromatic nitrogens is 2. The largest absolute Gasteiger partial charge is 0.382 e. The van der Waals surface area contributed by atoms with E-state index in [1.165, 1.54) is 18.4 Å². The average molecular weight is 256 g/mol. The molecule has 1 saturated carbocycles. The van der Waals surface area contributed by atoms with Crippen LogP contribution in [0, 0.1) is 0 Å². The summed E-state index contributed by atoms with van der Waals surface area (Å²) in [5.41, 5.74) is 3.14. The number of aliphatic hydroxyl groups is 1. The van der Waals surface area contributed by atoms with Gasteiger partial charge in [-0.05, 0) is 29.9 Å². The Labute approximate surface area is 113 Å². The van der Waals surface area contributed by atoms with Gasteiger partial charge in [0, 0.05) is 6.04 Å². The van der Waals surface area contributed by atoms with Crippen LogP contribution >= 0.6 is 0 Å². The smallest absolute Gasteiger partial charge is 0.121 e. The summed E-state index contributed by atoms with van der Waals surface area (Å²) in [6, 6.07) is 8.78. The van der Waals surface area contributed by atoms with Gasteiger partial charge >= 0.3 is 0 Å². The van der Waals surface area contributed by atoms with Gasteiger partial charge in [-0.3, -0.25) is 0 Å². The molecule has 0 bridgehead atoms. The summed E-state index contributed by atoms with van der Waals surface area (Å²) in [4.78, 5) is 4.18. The van der Waals surface area contributed by atoms with Crippen LogP contribution < -0.4 is 0 Å². The van der Waals surface area contributed by atoms with E-state index < -0.39 is 6.10 Å². The molecule has 1 aliphatic carbocycles. The SMILES string of the molecule is CC(C)c1ccc(C(O)c2cncn2C2CC2)cc1. The summed E-state index contributed by atoms with van der Waals surface area (Å²) in [6.45, 7) is 4.35. The normalized spacial score (nSPS) is 16.8. The Bertz CT molecular complexity index is 552. The summed E-state index contributed by atoms with van der Waals surface area (Å²) in [6.07, 6.45) is 5.42. The molecule has 1 aromatic carbocycles. The van der Waals surface area contributed by atoms with Crippen LogP contribution in [0.3, 0.4) is 0 Å². The second-order valence-corrected chi connectivity index (χ2v) is 5.68. The van der Waals surface area contributed by atoms with E-state index in [4.69, 9.17) is 0 Å². The molecule has 0 radical (unpaired) electrons. The zero-order valence-corrected chi connectivity index (χ0v) is 11.5. The molecule has 0 amide bonds. The lowest BCUT2D eigenvalue weighted by atomic mass is 9.99. The fourth-order valence-electron chi connectivity index (χ4n) is 2.42. The average Bonchev–Trinajstić information content (AvgIpc) is 3.15. The Hall–Kier alpha value is -1.61. The maximum atomic E-state index is 10.5. The summed E-state index contributed by atoms with van der Waals surface area (Å²) in [5.74, 6) is 0.517. The van der Waals surface area contributed by atoms with Crippen molar-refractivity contribution in [2.24, 2.45) is 0 Å². The van der Waals surface area contributed by atoms with Crippen molar-refractivity contribution in [1.82, 2.24) is 9.55 Å². The van der Waals surface area contributed by atoms with Gasteiger partial charge in [-0.1, -0.05) is 38.1 Å². The van der Waals surface area contributed by atoms with Gasteiger partial charge in [-0.2, -0.15) is 0 Å². The molecule has 1 N–H and O–H groups in total. The van der Waals surface area contributed by atoms with Gasteiger partial charge in [0.05, 0.1) is 18.2 Å². The monoisotopic (exact) mass is 256 g/mol. The molecule has 1 aliphatic rings. The van der Waals surface area contributed by atoms with E-state index in [-0.39, 0.29) is 0 Å². The van der Waals surface area contributed by atoms with Gasteiger partial charge in [0.25, 0.3) is 0 Å². The lowest BCUT2D eigenvalue weighted by Gasteiger charge is -2.15. The minimum Gasteiger partial charge on any atom is -0.382 e. The maximum absolute atomic E-state index is 10.5. The van der Waals surface area contributed by atoms with E-state index in [0.29, 0.717) is 12.0 Å². The fraction of sp³-hybridized carbons (Fsp3) is 0.438. The Morgan fingerprint density at radius 1 is 1.16 bits per heavy atom. The number of imidazole rings is 1. The van der Waals surface area contributed by atoms with Gasteiger partial charge in [-0.25, -0.2) is 4.98 Å². The van der Waals surface area contributed by atoms with Crippen molar-refractivity contribution in [3.63, 3.8) is 0 Å². The van der Waals surface area contributed by atoms with E-state index in [1.54, 1.807) is 6.20 Å². The van der Waals surface area contributed by atoms with Gasteiger partial charge in [-0.15, -0.1) is 0 Å². The molecule has 0 saturated heterocycles. The van der Waals surface area contributed by atoms with Crippen molar-refractivity contribution in [3.8, 4) is 0 Å². The molecule has 1 atom stereocenters. The molecule has 3 heteroatoms. The molecule has 1 aromatic heterocycles. The van der Waals surface area contributed by atoms with E-state index >= 15 is 0 Å². The zero-order chi connectivity index (χ0) is 13.4. The number of nitrogens with zero attached hydrogens (tertiary/aromatic N) is 2. The number of rotatable bonds is 4. The summed E-state index contributed by atoms with van der Waals surface area (Å²) in [5, 5.41) is 10.5. The molecule has 1 fully saturated rings. The van der Waals surface area contributed by atoms with Crippen LogP contribution in [0.1, 0.15) is 61.6 Å². The predicted molar refractivity (Wildman–Crippen MR) is 75.1 cm³/mol. The van der Waals surface area contributed by atoms with Crippen molar-refractivity contribution in [2.75, 3.05) is 0 Å². The lowest BCUT2D eigenvalue weighted by molar-refractivity contribution is 0.209. The third-order valence-corrected chi connectivity index (χ3v) is 3.84. The molecule has 1 unspecified atom stereocenters. The number of hydrogen-bond donors (Lipinski definition) is 1. The molecule has 1 heterocycles. The summed E-state index contributed by atoms with van der Waals surface area (Å²) >= 11 is 0. The molecule has 3 nitrogen and oxygen atoms in total. The van der Waals surface area contributed by atoms with Crippen molar-refractivity contribution in [3.05, 3.63) is 53.6 Å². The van der Waals surface area contributed by atoms with Crippen LogP contribution in [-0.4, -0.2) is 14.7 Å². The van der Waals surface area contributed by atoms with Gasteiger partial charge in [0.2, 0.25) is 0 Å². The first-order valence-corrected chi connectivity index (χ1v) is 6.96. The number of hydrogen-bond acceptors (Lipinski definition) is 2. The highest BCUT2D eigenvalue weighted by molar-refractivity contribution is 5.30. The second-order valence-electron chi connectivity index (χ2n) is 5.68. The Balaban J connectivity index is 1.86. The first kappa shape index (κ1) is 12.4. The predicted octanol–water partition coefficient (Wildman–Crippen LogP) is 3.42. The van der Waals surface area contributed by atoms with Gasteiger partial charge < -0.3 is 9.67 Å². The van der Waals surface area contributed by atoms with Crippen molar-refractivity contribution in [2.45, 2.75) is 44.8 Å². The standard InChI is InChI=1S/C16H20N2O/c1-11(2)12-3-5-13(6-4-12)16(19)15-9-17-10-18(15)14-7-8-14/h3-6,9-11,14,16,19H,7-8H2,1-2H3. The van der Waals surface area contributed by atoms with Gasteiger partial charge in [0.1, 0.15) is 6.10 Å². The third kappa shape index (κ3) is 2.43. The van der Waals surface area contributed by atoms with Gasteiger partial charge in [0.15, 0.2) is 0 Å². The molecule has 0 aliphatic heterocycles. The van der Waals surface area contributed by atoms with Crippen LogP contribution in [0.25, 0.3) is 0 Å². The first-order chi connectivity index (χ1) is 9.16. The van der Waals surface area contributed by atoms with E-state index in [1.807, 2.05) is 18.5 Å². The van der Waals surface area contributed by atoms with Crippen molar-refractivity contribution >= 4 is 0 Å². The van der Waals surface area contributed by atoms with Crippen LogP contribution in [0.2, 0.25) is 0 Å². The topological polar surface area (TPSA) is 38.1 Å². The fourth-order valence-corrected chi connectivity index (χ4v) is 2.42. The molecular formula is C16H20N2O. The molecule has 100 valence electrons. The Morgan fingerprint density at radius 2 is 1.79 bits per heavy atom. The highest BCUT2D eigenvalue weighted by Crippen LogP contribution is 2.37. The third-order valence-electron chi connectivity index (χ3n) is 3.84. The highest BCUT2D eigenvalue weighted by atomic mass is 16.3. The number of aliphatic hydroxyl groups excluding tert-OH is 1. The highest BCUT2D eigenvalue weighted by Gasteiger charge is 2.27. The summed E-state index contributed by atoms with van der Waals surface area (Å²) in [7, 11) is 0. The van der Waals surface area contributed by atoms with Crippen LogP contribution in [-0.2, 0) is 0 Å². The van der Waals surface area contributed by atoms with E-state index in [2.05, 4.69) is 35.5 Å². The first-order valence-electron chi connectivity index (χ1n) is 6.96. The quantitative estimate of drug-likeness (QED) is 0.910.